The van der Waals surface area contributed by atoms with Gasteiger partial charge in [-0.2, -0.15) is 4.98 Å². The Morgan fingerprint density at radius 2 is 2.23 bits per heavy atom. The van der Waals surface area contributed by atoms with Crippen LogP contribution < -0.4 is 16.2 Å². The summed E-state index contributed by atoms with van der Waals surface area (Å²) >= 11 is 0. The second kappa shape index (κ2) is 7.69. The molecular formula is C23H26FN5O2. The van der Waals surface area contributed by atoms with E-state index in [0.29, 0.717) is 29.8 Å². The zero-order valence-electron chi connectivity index (χ0n) is 17.5. The highest BCUT2D eigenvalue weighted by Gasteiger charge is 2.39. The highest BCUT2D eigenvalue weighted by molar-refractivity contribution is 5.77. The molecule has 1 aliphatic carbocycles. The fraction of sp³-hybridized carbons (Fsp3) is 0.435. The van der Waals surface area contributed by atoms with Gasteiger partial charge in [0.15, 0.2) is 0 Å². The fourth-order valence-electron chi connectivity index (χ4n) is 4.84. The molecule has 2 aromatic heterocycles. The molecule has 1 aliphatic heterocycles. The van der Waals surface area contributed by atoms with Crippen molar-refractivity contribution in [3.8, 4) is 0 Å². The number of nitrogens with one attached hydrogen (secondary N) is 2. The number of anilines is 2. The first-order chi connectivity index (χ1) is 15.0. The number of aromatic nitrogens is 3. The number of hydrogen-bond acceptors (Lipinski definition) is 6. The van der Waals surface area contributed by atoms with E-state index in [-0.39, 0.29) is 5.56 Å². The van der Waals surface area contributed by atoms with Crippen molar-refractivity contribution in [3.63, 3.8) is 0 Å². The van der Waals surface area contributed by atoms with Crippen LogP contribution in [0.25, 0.3) is 11.0 Å². The molecule has 162 valence electrons. The number of aliphatic hydroxyl groups is 1. The summed E-state index contributed by atoms with van der Waals surface area (Å²) in [6.45, 7) is 2.68. The standard InChI is InChI=1S/C23H26FN5O2/c1-23(31)7-2-3-19(23)29-20-17(9-16(11-24)21(29)30)13-26-22(28-20)27-18-5-4-15-12-25-8-6-14(15)10-18/h4-5,9-10,13,19,25,31H,2-3,6-8,11-12H2,1H3,(H,26,27,28). The summed E-state index contributed by atoms with van der Waals surface area (Å²) < 4.78 is 15.0. The second-order valence-corrected chi connectivity index (χ2v) is 8.75. The number of hydrogen-bond donors (Lipinski definition) is 3. The molecule has 5 rings (SSSR count). The van der Waals surface area contributed by atoms with Crippen LogP contribution in [0, 0.1) is 0 Å². The van der Waals surface area contributed by atoms with E-state index < -0.39 is 23.9 Å². The smallest absolute Gasteiger partial charge is 0.258 e. The molecule has 3 heterocycles. The van der Waals surface area contributed by atoms with Gasteiger partial charge in [-0.05, 0) is 68.5 Å². The SMILES string of the molecule is CC1(O)CCCC1n1c(=O)c(CF)cc2cnc(Nc3ccc4c(c3)CCNC4)nc21. The Labute approximate surface area is 179 Å². The first-order valence-electron chi connectivity index (χ1n) is 10.8. The third-order valence-corrected chi connectivity index (χ3v) is 6.53. The summed E-state index contributed by atoms with van der Waals surface area (Å²) in [6.07, 6.45) is 4.60. The number of pyridine rings is 1. The number of alkyl halides is 1. The molecule has 3 aromatic rings. The minimum atomic E-state index is -1.04. The highest BCUT2D eigenvalue weighted by Crippen LogP contribution is 2.39. The minimum absolute atomic E-state index is 0.0582. The normalized spacial score (nSPS) is 23.1. The van der Waals surface area contributed by atoms with Gasteiger partial charge in [0.2, 0.25) is 5.95 Å². The molecule has 2 aliphatic rings. The Morgan fingerprint density at radius 3 is 3.00 bits per heavy atom. The van der Waals surface area contributed by atoms with Crippen LogP contribution in [0.5, 0.6) is 0 Å². The maximum atomic E-state index is 13.5. The van der Waals surface area contributed by atoms with Gasteiger partial charge in [0.05, 0.1) is 11.6 Å². The van der Waals surface area contributed by atoms with Crippen molar-refractivity contribution in [3.05, 3.63) is 57.5 Å². The van der Waals surface area contributed by atoms with E-state index in [0.717, 1.165) is 31.6 Å². The summed E-state index contributed by atoms with van der Waals surface area (Å²) in [5.41, 5.74) is 2.44. The minimum Gasteiger partial charge on any atom is -0.388 e. The molecule has 1 fully saturated rings. The second-order valence-electron chi connectivity index (χ2n) is 8.75. The summed E-state index contributed by atoms with van der Waals surface area (Å²) in [7, 11) is 0. The maximum absolute atomic E-state index is 13.5. The number of benzene rings is 1. The molecule has 2 atom stereocenters. The summed E-state index contributed by atoms with van der Waals surface area (Å²) in [5, 5.41) is 18.0. The summed E-state index contributed by atoms with van der Waals surface area (Å²) in [6, 6.07) is 7.23. The van der Waals surface area contributed by atoms with Gasteiger partial charge in [-0.25, -0.2) is 9.37 Å². The lowest BCUT2D eigenvalue weighted by Crippen LogP contribution is -2.38. The lowest BCUT2D eigenvalue weighted by Gasteiger charge is -2.28. The average Bonchev–Trinajstić information content (AvgIpc) is 3.12. The summed E-state index contributed by atoms with van der Waals surface area (Å²) in [4.78, 5) is 22.1. The van der Waals surface area contributed by atoms with E-state index in [2.05, 4.69) is 32.7 Å². The Morgan fingerprint density at radius 1 is 1.35 bits per heavy atom. The van der Waals surface area contributed by atoms with E-state index in [4.69, 9.17) is 0 Å². The quantitative estimate of drug-likeness (QED) is 0.597. The average molecular weight is 423 g/mol. The van der Waals surface area contributed by atoms with Gasteiger partial charge in [-0.3, -0.25) is 9.36 Å². The number of fused-ring (bicyclic) bond motifs is 2. The third kappa shape index (κ3) is 3.59. The van der Waals surface area contributed by atoms with Crippen molar-refractivity contribution in [2.24, 2.45) is 0 Å². The van der Waals surface area contributed by atoms with Crippen LogP contribution >= 0.6 is 0 Å². The first kappa shape index (κ1) is 20.1. The van der Waals surface area contributed by atoms with Crippen molar-refractivity contribution >= 4 is 22.7 Å². The van der Waals surface area contributed by atoms with Gasteiger partial charge in [-0.15, -0.1) is 0 Å². The lowest BCUT2D eigenvalue weighted by atomic mass is 9.99. The number of nitrogens with zero attached hydrogens (tertiary/aromatic N) is 3. The molecule has 1 saturated carbocycles. The first-order valence-corrected chi connectivity index (χ1v) is 10.8. The molecule has 8 heteroatoms. The van der Waals surface area contributed by atoms with Gasteiger partial charge < -0.3 is 15.7 Å². The van der Waals surface area contributed by atoms with E-state index in [1.54, 1.807) is 13.1 Å². The molecule has 0 saturated heterocycles. The van der Waals surface area contributed by atoms with Crippen LogP contribution in [0.2, 0.25) is 0 Å². The van der Waals surface area contributed by atoms with Gasteiger partial charge >= 0.3 is 0 Å². The fourth-order valence-corrected chi connectivity index (χ4v) is 4.84. The van der Waals surface area contributed by atoms with E-state index >= 15 is 0 Å². The molecule has 31 heavy (non-hydrogen) atoms. The molecule has 0 radical (unpaired) electrons. The van der Waals surface area contributed by atoms with Crippen LogP contribution in [0.4, 0.5) is 16.0 Å². The van der Waals surface area contributed by atoms with E-state index in [9.17, 15) is 14.3 Å². The zero-order valence-corrected chi connectivity index (χ0v) is 17.5. The Kier molecular flexibility index (Phi) is 4.98. The third-order valence-electron chi connectivity index (χ3n) is 6.53. The summed E-state index contributed by atoms with van der Waals surface area (Å²) in [5.74, 6) is 0.361. The van der Waals surface area contributed by atoms with Gasteiger partial charge in [0.25, 0.3) is 5.56 Å². The van der Waals surface area contributed by atoms with Crippen LogP contribution in [0.1, 0.15) is 48.9 Å². The molecule has 7 nitrogen and oxygen atoms in total. The Bertz CT molecular complexity index is 1210. The lowest BCUT2D eigenvalue weighted by molar-refractivity contribution is 0.0265. The molecule has 1 aromatic carbocycles. The van der Waals surface area contributed by atoms with Gasteiger partial charge in [-0.1, -0.05) is 6.07 Å². The molecule has 0 spiro atoms. The maximum Gasteiger partial charge on any atom is 0.258 e. The molecule has 0 amide bonds. The molecule has 2 unspecified atom stereocenters. The Balaban J connectivity index is 1.59. The van der Waals surface area contributed by atoms with E-state index in [1.807, 2.05) is 6.07 Å². The molecule has 0 bridgehead atoms. The topological polar surface area (TPSA) is 92.1 Å². The van der Waals surface area contributed by atoms with Gasteiger partial charge in [0, 0.05) is 29.4 Å². The van der Waals surface area contributed by atoms with Crippen molar-refractivity contribution < 1.29 is 9.50 Å². The predicted octanol–water partition coefficient (Wildman–Crippen LogP) is 3.13. The van der Waals surface area contributed by atoms with Crippen LogP contribution in [0.3, 0.4) is 0 Å². The molecular weight excluding hydrogens is 397 g/mol. The van der Waals surface area contributed by atoms with Crippen LogP contribution in [-0.2, 0) is 19.6 Å². The zero-order chi connectivity index (χ0) is 21.6. The largest absolute Gasteiger partial charge is 0.388 e. The van der Waals surface area contributed by atoms with E-state index in [1.165, 1.54) is 21.8 Å². The van der Waals surface area contributed by atoms with Crippen molar-refractivity contribution in [2.45, 2.75) is 57.5 Å². The molecule has 3 N–H and O–H groups in total. The van der Waals surface area contributed by atoms with Crippen molar-refractivity contribution in [1.29, 1.82) is 0 Å². The number of rotatable bonds is 4. The predicted molar refractivity (Wildman–Crippen MR) is 117 cm³/mol. The van der Waals surface area contributed by atoms with Crippen LogP contribution in [0.15, 0.2) is 35.3 Å². The van der Waals surface area contributed by atoms with Crippen LogP contribution in [-0.4, -0.2) is 31.8 Å². The van der Waals surface area contributed by atoms with Gasteiger partial charge in [0.1, 0.15) is 12.3 Å². The monoisotopic (exact) mass is 423 g/mol. The van der Waals surface area contributed by atoms with Crippen molar-refractivity contribution in [2.75, 3.05) is 11.9 Å². The Hall–Kier alpha value is -2.84. The van der Waals surface area contributed by atoms with Crippen molar-refractivity contribution in [1.82, 2.24) is 19.9 Å². The highest BCUT2D eigenvalue weighted by atomic mass is 19.1. The number of halogens is 1.